The second-order valence-electron chi connectivity index (χ2n) is 9.00. The number of nitrogens with one attached hydrogen (secondary N) is 1. The highest BCUT2D eigenvalue weighted by Gasteiger charge is 2.39. The molecule has 3 fully saturated rings. The molecule has 0 radical (unpaired) electrons. The van der Waals surface area contributed by atoms with Crippen LogP contribution in [0.1, 0.15) is 25.7 Å². The van der Waals surface area contributed by atoms with E-state index >= 15 is 0 Å². The Kier molecular flexibility index (Phi) is 6.55. The molecule has 0 bridgehead atoms. The van der Waals surface area contributed by atoms with Gasteiger partial charge in [-0.05, 0) is 61.1 Å². The van der Waals surface area contributed by atoms with E-state index in [0.717, 1.165) is 6.26 Å². The minimum atomic E-state index is -3.35. The number of hydrogen-bond donors (Lipinski definition) is 1. The number of hydroxylamine groups is 2. The summed E-state index contributed by atoms with van der Waals surface area (Å²) in [5.74, 6) is 0.930. The maximum atomic E-state index is 12.0. The van der Waals surface area contributed by atoms with Crippen LogP contribution < -0.4 is 10.2 Å². The van der Waals surface area contributed by atoms with Crippen LogP contribution in [0.2, 0.25) is 0 Å². The van der Waals surface area contributed by atoms with E-state index in [9.17, 15) is 18.5 Å². The van der Waals surface area contributed by atoms with E-state index in [1.807, 2.05) is 4.90 Å². The number of nitro groups is 1. The third kappa shape index (κ3) is 5.51. The molecule has 1 aromatic carbocycles. The normalized spacial score (nSPS) is 21.9. The lowest BCUT2D eigenvalue weighted by Gasteiger charge is -2.33. The highest BCUT2D eigenvalue weighted by atomic mass is 32.2. The molecular weight excluding hydrogens is 480 g/mol. The molecular formula is C21H26N6O7S. The molecule has 1 aromatic heterocycles. The number of anilines is 3. The van der Waals surface area contributed by atoms with E-state index in [1.54, 1.807) is 0 Å². The second-order valence-corrected chi connectivity index (χ2v) is 11.0. The van der Waals surface area contributed by atoms with Crippen LogP contribution in [0, 0.1) is 22.0 Å². The Morgan fingerprint density at radius 1 is 1.14 bits per heavy atom. The van der Waals surface area contributed by atoms with E-state index in [4.69, 9.17) is 14.7 Å². The first-order valence-electron chi connectivity index (χ1n) is 11.4. The Morgan fingerprint density at radius 2 is 1.86 bits per heavy atom. The summed E-state index contributed by atoms with van der Waals surface area (Å²) in [5, 5.41) is 16.3. The third-order valence-corrected chi connectivity index (χ3v) is 7.43. The summed E-state index contributed by atoms with van der Waals surface area (Å²) in [6.07, 6.45) is 5.60. The maximum Gasteiger partial charge on any atom is 0.353 e. The van der Waals surface area contributed by atoms with Crippen LogP contribution in [0.4, 0.5) is 23.0 Å². The van der Waals surface area contributed by atoms with Crippen LogP contribution in [-0.4, -0.2) is 60.7 Å². The standard InChI is InChI=1S/C21H26N6O7S/c1-35(30,31)17-6-4-16(5-7-17)24-19-18(27(28)29)20(23-13-22-19)25-10-8-15(9-11-25)21-32-26(34-33-21)12-14-2-3-14/h4-7,13-15,21H,2-3,8-12H2,1H3,(H,22,23,24). The zero-order chi connectivity index (χ0) is 24.6. The monoisotopic (exact) mass is 506 g/mol. The quantitative estimate of drug-likeness (QED) is 0.318. The van der Waals surface area contributed by atoms with Crippen LogP contribution in [0.15, 0.2) is 35.5 Å². The molecule has 1 N–H and O–H groups in total. The van der Waals surface area contributed by atoms with Crippen LogP contribution in [0.3, 0.4) is 0 Å². The highest BCUT2D eigenvalue weighted by molar-refractivity contribution is 7.90. The number of aromatic nitrogens is 2. The molecule has 14 heteroatoms. The Morgan fingerprint density at radius 3 is 2.49 bits per heavy atom. The van der Waals surface area contributed by atoms with Crippen molar-refractivity contribution >= 4 is 32.8 Å². The summed E-state index contributed by atoms with van der Waals surface area (Å²) in [7, 11) is -3.35. The van der Waals surface area contributed by atoms with Gasteiger partial charge < -0.3 is 10.2 Å². The molecule has 3 aliphatic rings. The summed E-state index contributed by atoms with van der Waals surface area (Å²) in [6.45, 7) is 1.74. The molecule has 2 saturated heterocycles. The van der Waals surface area contributed by atoms with Gasteiger partial charge in [0, 0.05) is 31.0 Å². The predicted octanol–water partition coefficient (Wildman–Crippen LogP) is 2.59. The molecule has 1 saturated carbocycles. The van der Waals surface area contributed by atoms with Gasteiger partial charge >= 0.3 is 5.69 Å². The Balaban J connectivity index is 1.26. The summed E-state index contributed by atoms with van der Waals surface area (Å²) in [4.78, 5) is 38.0. The van der Waals surface area contributed by atoms with E-state index in [1.165, 1.54) is 48.7 Å². The van der Waals surface area contributed by atoms with Crippen molar-refractivity contribution in [2.45, 2.75) is 36.9 Å². The molecule has 5 rings (SSSR count). The molecule has 1 unspecified atom stereocenters. The fourth-order valence-electron chi connectivity index (χ4n) is 4.16. The maximum absolute atomic E-state index is 12.0. The molecule has 2 aliphatic heterocycles. The van der Waals surface area contributed by atoms with Crippen LogP contribution in [0.5, 0.6) is 0 Å². The lowest BCUT2D eigenvalue weighted by atomic mass is 9.96. The minimum absolute atomic E-state index is 0.0285. The number of sulfone groups is 1. The van der Waals surface area contributed by atoms with E-state index in [2.05, 4.69) is 15.3 Å². The molecule has 1 aliphatic carbocycles. The molecule has 0 spiro atoms. The average molecular weight is 507 g/mol. The van der Waals surface area contributed by atoms with Crippen molar-refractivity contribution in [1.82, 2.24) is 15.2 Å². The van der Waals surface area contributed by atoms with E-state index < -0.39 is 21.1 Å². The predicted molar refractivity (Wildman–Crippen MR) is 123 cm³/mol. The zero-order valence-electron chi connectivity index (χ0n) is 19.1. The Bertz CT molecular complexity index is 1180. The molecule has 13 nitrogen and oxygen atoms in total. The van der Waals surface area contributed by atoms with Gasteiger partial charge in [0.05, 0.1) is 16.4 Å². The first-order valence-corrected chi connectivity index (χ1v) is 13.3. The van der Waals surface area contributed by atoms with Crippen LogP contribution in [0.25, 0.3) is 0 Å². The summed E-state index contributed by atoms with van der Waals surface area (Å²) in [6, 6.07) is 5.92. The number of benzene rings is 1. The van der Waals surface area contributed by atoms with Gasteiger partial charge in [0.15, 0.2) is 9.84 Å². The second kappa shape index (κ2) is 9.62. The fraction of sp³-hybridized carbons (Fsp3) is 0.524. The topological polar surface area (TPSA) is 149 Å². The zero-order valence-corrected chi connectivity index (χ0v) is 19.9. The van der Waals surface area contributed by atoms with Gasteiger partial charge in [-0.3, -0.25) is 10.1 Å². The lowest BCUT2D eigenvalue weighted by molar-refractivity contribution is -0.414. The van der Waals surface area contributed by atoms with Gasteiger partial charge in [-0.25, -0.2) is 23.2 Å². The molecule has 1 atom stereocenters. The molecule has 188 valence electrons. The molecule has 35 heavy (non-hydrogen) atoms. The number of rotatable bonds is 8. The van der Waals surface area contributed by atoms with Crippen molar-refractivity contribution < 1.29 is 28.1 Å². The van der Waals surface area contributed by atoms with Crippen molar-refractivity contribution in [2.75, 3.05) is 36.1 Å². The van der Waals surface area contributed by atoms with E-state index in [0.29, 0.717) is 44.1 Å². The van der Waals surface area contributed by atoms with Gasteiger partial charge in [-0.1, -0.05) is 0 Å². The van der Waals surface area contributed by atoms with Gasteiger partial charge in [-0.15, -0.1) is 4.99 Å². The van der Waals surface area contributed by atoms with Gasteiger partial charge in [-0.2, -0.15) is 4.89 Å². The SMILES string of the molecule is CS(=O)(=O)c1ccc(Nc2ncnc(N3CCC(C4OON(CC5CC5)O4)CC3)c2[N+](=O)[O-])cc1. The molecule has 3 heterocycles. The Labute approximate surface area is 201 Å². The van der Waals surface area contributed by atoms with Crippen molar-refractivity contribution in [2.24, 2.45) is 11.8 Å². The number of nitrogens with zero attached hydrogens (tertiary/aromatic N) is 5. The van der Waals surface area contributed by atoms with Crippen molar-refractivity contribution in [3.8, 4) is 0 Å². The largest absolute Gasteiger partial charge is 0.353 e. The Hall–Kier alpha value is -2.91. The first kappa shape index (κ1) is 23.8. The molecule has 0 amide bonds. The summed E-state index contributed by atoms with van der Waals surface area (Å²) >= 11 is 0. The third-order valence-electron chi connectivity index (χ3n) is 6.30. The smallest absolute Gasteiger partial charge is 0.351 e. The van der Waals surface area contributed by atoms with Crippen molar-refractivity contribution in [1.29, 1.82) is 0 Å². The fourth-order valence-corrected chi connectivity index (χ4v) is 4.79. The number of hydrogen-bond acceptors (Lipinski definition) is 12. The summed E-state index contributed by atoms with van der Waals surface area (Å²) < 4.78 is 23.3. The summed E-state index contributed by atoms with van der Waals surface area (Å²) in [5.41, 5.74) is 0.223. The van der Waals surface area contributed by atoms with Gasteiger partial charge in [0.2, 0.25) is 17.9 Å². The van der Waals surface area contributed by atoms with Crippen molar-refractivity contribution in [3.63, 3.8) is 0 Å². The molecule has 2 aromatic rings. The van der Waals surface area contributed by atoms with Gasteiger partial charge in [0.25, 0.3) is 0 Å². The average Bonchev–Trinajstić information content (AvgIpc) is 3.53. The lowest BCUT2D eigenvalue weighted by Crippen LogP contribution is -2.39. The van der Waals surface area contributed by atoms with E-state index in [-0.39, 0.29) is 28.1 Å². The van der Waals surface area contributed by atoms with Crippen LogP contribution >= 0.6 is 0 Å². The van der Waals surface area contributed by atoms with Crippen molar-refractivity contribution in [3.05, 3.63) is 40.7 Å². The first-order chi connectivity index (χ1) is 16.8. The van der Waals surface area contributed by atoms with Gasteiger partial charge in [0.1, 0.15) is 6.33 Å². The number of piperidine rings is 1. The van der Waals surface area contributed by atoms with Crippen LogP contribution in [-0.2, 0) is 24.6 Å². The minimum Gasteiger partial charge on any atom is -0.351 e. The highest BCUT2D eigenvalue weighted by Crippen LogP contribution is 2.37.